The normalized spacial score (nSPS) is 10.8. The van der Waals surface area contributed by atoms with Gasteiger partial charge in [0.05, 0.1) is 19.8 Å². The first-order chi connectivity index (χ1) is 10.8. The number of anilines is 1. The molecule has 22 heavy (non-hydrogen) atoms. The number of rotatable bonds is 14. The van der Waals surface area contributed by atoms with Gasteiger partial charge in [-0.15, -0.1) is 0 Å². The van der Waals surface area contributed by atoms with Gasteiger partial charge in [-0.05, 0) is 30.7 Å². The van der Waals surface area contributed by atoms with Crippen LogP contribution in [-0.4, -0.2) is 33.0 Å². The molecule has 0 unspecified atom stereocenters. The second kappa shape index (κ2) is 13.4. The van der Waals surface area contributed by atoms with E-state index in [2.05, 4.69) is 6.92 Å². The van der Waals surface area contributed by atoms with E-state index in [-0.39, 0.29) is 0 Å². The van der Waals surface area contributed by atoms with Gasteiger partial charge in [0.15, 0.2) is 0 Å². The highest BCUT2D eigenvalue weighted by Crippen LogP contribution is 2.12. The van der Waals surface area contributed by atoms with Crippen molar-refractivity contribution >= 4 is 5.69 Å². The summed E-state index contributed by atoms with van der Waals surface area (Å²) in [6.07, 6.45) is 7.77. The first-order valence-electron chi connectivity index (χ1n) is 8.46. The Bertz CT molecular complexity index is 354. The summed E-state index contributed by atoms with van der Waals surface area (Å²) >= 11 is 0. The smallest absolute Gasteiger partial charge is 0.119 e. The van der Waals surface area contributed by atoms with Gasteiger partial charge in [-0.3, -0.25) is 0 Å². The third kappa shape index (κ3) is 10.5. The average molecular weight is 309 g/mol. The second-order valence-corrected chi connectivity index (χ2v) is 5.41. The van der Waals surface area contributed by atoms with E-state index in [4.69, 9.17) is 19.9 Å². The molecule has 4 nitrogen and oxygen atoms in total. The molecule has 0 aliphatic rings. The number of nitrogens with two attached hydrogens (primary N) is 1. The van der Waals surface area contributed by atoms with Crippen LogP contribution in [0.1, 0.15) is 45.4 Å². The molecule has 1 aromatic carbocycles. The van der Waals surface area contributed by atoms with Crippen molar-refractivity contribution in [2.24, 2.45) is 0 Å². The Labute approximate surface area is 134 Å². The summed E-state index contributed by atoms with van der Waals surface area (Å²) in [6.45, 7) is 5.49. The van der Waals surface area contributed by atoms with Gasteiger partial charge in [0.1, 0.15) is 12.4 Å². The zero-order valence-electron chi connectivity index (χ0n) is 13.9. The molecule has 0 atom stereocenters. The third-order valence-corrected chi connectivity index (χ3v) is 3.39. The maximum Gasteiger partial charge on any atom is 0.119 e. The van der Waals surface area contributed by atoms with Crippen LogP contribution in [0.25, 0.3) is 0 Å². The lowest BCUT2D eigenvalue weighted by Gasteiger charge is -2.08. The lowest BCUT2D eigenvalue weighted by Crippen LogP contribution is -2.11. The van der Waals surface area contributed by atoms with E-state index in [1.807, 2.05) is 24.3 Å². The van der Waals surface area contributed by atoms with E-state index in [9.17, 15) is 0 Å². The lowest BCUT2D eigenvalue weighted by atomic mass is 10.1. The Hall–Kier alpha value is -1.26. The second-order valence-electron chi connectivity index (χ2n) is 5.41. The molecule has 0 radical (unpaired) electrons. The molecule has 4 heteroatoms. The van der Waals surface area contributed by atoms with E-state index in [0.29, 0.717) is 26.4 Å². The molecule has 0 fully saturated rings. The van der Waals surface area contributed by atoms with Crippen LogP contribution in [0.3, 0.4) is 0 Å². The fraction of sp³-hybridized carbons (Fsp3) is 0.667. The predicted octanol–water partition coefficient (Wildman–Crippen LogP) is 4.04. The largest absolute Gasteiger partial charge is 0.491 e. The Morgan fingerprint density at radius 3 is 2.05 bits per heavy atom. The lowest BCUT2D eigenvalue weighted by molar-refractivity contribution is 0.0352. The van der Waals surface area contributed by atoms with Gasteiger partial charge in [-0.25, -0.2) is 0 Å². The van der Waals surface area contributed by atoms with E-state index >= 15 is 0 Å². The van der Waals surface area contributed by atoms with Crippen LogP contribution in [0, 0.1) is 0 Å². The van der Waals surface area contributed by atoms with Crippen molar-refractivity contribution in [2.45, 2.75) is 45.4 Å². The van der Waals surface area contributed by atoms with E-state index in [1.165, 1.54) is 32.1 Å². The van der Waals surface area contributed by atoms with Crippen LogP contribution in [0.4, 0.5) is 5.69 Å². The Balaban J connectivity index is 1.79. The first kappa shape index (κ1) is 18.8. The monoisotopic (exact) mass is 309 g/mol. The minimum Gasteiger partial charge on any atom is -0.491 e. The van der Waals surface area contributed by atoms with Crippen LogP contribution in [-0.2, 0) is 9.47 Å². The van der Waals surface area contributed by atoms with Crippen molar-refractivity contribution in [1.29, 1.82) is 0 Å². The molecular weight excluding hydrogens is 278 g/mol. The third-order valence-electron chi connectivity index (χ3n) is 3.39. The molecule has 2 N–H and O–H groups in total. The molecule has 0 amide bonds. The summed E-state index contributed by atoms with van der Waals surface area (Å²) in [7, 11) is 0. The van der Waals surface area contributed by atoms with E-state index in [1.54, 1.807) is 0 Å². The zero-order chi connectivity index (χ0) is 15.9. The van der Waals surface area contributed by atoms with Crippen LogP contribution < -0.4 is 10.5 Å². The maximum absolute atomic E-state index is 5.61. The molecule has 0 spiro atoms. The molecule has 0 aromatic heterocycles. The molecule has 1 aromatic rings. The Morgan fingerprint density at radius 1 is 0.727 bits per heavy atom. The predicted molar refractivity (Wildman–Crippen MR) is 91.4 cm³/mol. The molecule has 0 aliphatic carbocycles. The van der Waals surface area contributed by atoms with Crippen molar-refractivity contribution in [3.63, 3.8) is 0 Å². The van der Waals surface area contributed by atoms with Crippen LogP contribution >= 0.6 is 0 Å². The highest BCUT2D eigenvalue weighted by atomic mass is 16.5. The van der Waals surface area contributed by atoms with E-state index in [0.717, 1.165) is 24.5 Å². The van der Waals surface area contributed by atoms with Gasteiger partial charge in [0.25, 0.3) is 0 Å². The average Bonchev–Trinajstić information content (AvgIpc) is 2.53. The number of hydrogen-bond donors (Lipinski definition) is 1. The summed E-state index contributed by atoms with van der Waals surface area (Å²) in [6, 6.07) is 7.37. The van der Waals surface area contributed by atoms with Crippen molar-refractivity contribution in [3.05, 3.63) is 24.3 Å². The molecule has 0 aliphatic heterocycles. The van der Waals surface area contributed by atoms with Gasteiger partial charge in [-0.1, -0.05) is 39.0 Å². The van der Waals surface area contributed by atoms with Gasteiger partial charge < -0.3 is 19.9 Å². The minimum absolute atomic E-state index is 0.543. The topological polar surface area (TPSA) is 53.7 Å². The number of ether oxygens (including phenoxy) is 3. The summed E-state index contributed by atoms with van der Waals surface area (Å²) in [4.78, 5) is 0. The quantitative estimate of drug-likeness (QED) is 0.416. The molecule has 0 saturated carbocycles. The summed E-state index contributed by atoms with van der Waals surface area (Å²) < 4.78 is 16.5. The molecule has 0 heterocycles. The first-order valence-corrected chi connectivity index (χ1v) is 8.46. The van der Waals surface area contributed by atoms with Gasteiger partial charge in [-0.2, -0.15) is 0 Å². The zero-order valence-corrected chi connectivity index (χ0v) is 13.9. The highest BCUT2D eigenvalue weighted by Gasteiger charge is 1.95. The number of unbranched alkanes of at least 4 members (excludes halogenated alkanes) is 5. The molecule has 0 saturated heterocycles. The van der Waals surface area contributed by atoms with Crippen molar-refractivity contribution < 1.29 is 14.2 Å². The van der Waals surface area contributed by atoms with Gasteiger partial charge in [0.2, 0.25) is 0 Å². The van der Waals surface area contributed by atoms with Crippen molar-refractivity contribution in [2.75, 3.05) is 38.8 Å². The van der Waals surface area contributed by atoms with Crippen molar-refractivity contribution in [3.8, 4) is 5.75 Å². The van der Waals surface area contributed by atoms with Crippen LogP contribution in [0.5, 0.6) is 5.75 Å². The minimum atomic E-state index is 0.543. The highest BCUT2D eigenvalue weighted by molar-refractivity contribution is 5.41. The number of hydrogen-bond acceptors (Lipinski definition) is 4. The summed E-state index contributed by atoms with van der Waals surface area (Å²) in [5.74, 6) is 0.817. The van der Waals surface area contributed by atoms with E-state index < -0.39 is 0 Å². The molecule has 1 rings (SSSR count). The Kier molecular flexibility index (Phi) is 11.4. The number of benzene rings is 1. The summed E-state index contributed by atoms with van der Waals surface area (Å²) in [5.41, 5.74) is 6.35. The van der Waals surface area contributed by atoms with Crippen LogP contribution in [0.15, 0.2) is 24.3 Å². The van der Waals surface area contributed by atoms with Gasteiger partial charge in [0, 0.05) is 12.3 Å². The SMILES string of the molecule is CCCCCCCCOCCOCCOc1ccc(N)cc1. The number of nitrogen functional groups attached to an aromatic ring is 1. The van der Waals surface area contributed by atoms with Crippen LogP contribution in [0.2, 0.25) is 0 Å². The Morgan fingerprint density at radius 2 is 1.32 bits per heavy atom. The van der Waals surface area contributed by atoms with Crippen molar-refractivity contribution in [1.82, 2.24) is 0 Å². The maximum atomic E-state index is 5.61. The molecule has 126 valence electrons. The standard InChI is InChI=1S/C18H31NO3/c1-2-3-4-5-6-7-12-20-13-14-21-15-16-22-18-10-8-17(19)9-11-18/h8-11H,2-7,12-16,19H2,1H3. The fourth-order valence-corrected chi connectivity index (χ4v) is 2.09. The summed E-state index contributed by atoms with van der Waals surface area (Å²) in [5, 5.41) is 0. The molecule has 0 bridgehead atoms. The van der Waals surface area contributed by atoms with Gasteiger partial charge >= 0.3 is 0 Å². The fourth-order valence-electron chi connectivity index (χ4n) is 2.09. The molecular formula is C18H31NO3.